The Morgan fingerprint density at radius 3 is 2.85 bits per heavy atom. The molecule has 0 aliphatic rings. The van der Waals surface area contributed by atoms with Crippen molar-refractivity contribution < 1.29 is 3.89 Å². The summed E-state index contributed by atoms with van der Waals surface area (Å²) in [6.07, 6.45) is 0. The first kappa shape index (κ1) is 9.12. The van der Waals surface area contributed by atoms with Crippen molar-refractivity contribution in [2.75, 3.05) is 0 Å². The van der Waals surface area contributed by atoms with E-state index >= 15 is 0 Å². The van der Waals surface area contributed by atoms with Gasteiger partial charge in [-0.3, -0.25) is 0 Å². The molecule has 2 nitrogen and oxygen atoms in total. The van der Waals surface area contributed by atoms with E-state index in [0.29, 0.717) is 16.1 Å². The van der Waals surface area contributed by atoms with E-state index in [0.717, 1.165) is 0 Å². The Kier molecular flexibility index (Phi) is 2.36. The quantitative estimate of drug-likeness (QED) is 0.752. The first-order chi connectivity index (χ1) is 6.22. The molecule has 6 heteroatoms. The molecule has 2 aromatic rings. The maximum absolute atomic E-state index is 12.4. The molecule has 13 heavy (non-hydrogen) atoms. The molecule has 0 fully saturated rings. The zero-order chi connectivity index (χ0) is 9.42. The minimum Gasteiger partial charge on any atom is -0.228 e. The molecule has 0 aliphatic heterocycles. The number of aromatic nitrogens is 2. The van der Waals surface area contributed by atoms with Crippen LogP contribution in [0.2, 0.25) is 10.3 Å². The molecule has 0 aliphatic carbocycles. The van der Waals surface area contributed by atoms with Crippen LogP contribution in [-0.2, 0) is 0 Å². The van der Waals surface area contributed by atoms with Crippen LogP contribution in [0.1, 0.15) is 0 Å². The van der Waals surface area contributed by atoms with Crippen LogP contribution in [0.3, 0.4) is 0 Å². The van der Waals surface area contributed by atoms with Crippen molar-refractivity contribution in [1.29, 1.82) is 0 Å². The normalized spacial score (nSPS) is 11.0. The highest BCUT2D eigenvalue weighted by Crippen LogP contribution is 2.27. The fourth-order valence-electron chi connectivity index (χ4n) is 1.07. The third kappa shape index (κ3) is 1.49. The fourth-order valence-corrected chi connectivity index (χ4v) is 1.82. The number of rotatable bonds is 1. The highest BCUT2D eigenvalue weighted by atomic mass is 35.5. The maximum Gasteiger partial charge on any atom is 0.216 e. The van der Waals surface area contributed by atoms with E-state index in [1.54, 1.807) is 18.2 Å². The molecule has 2 rings (SSSR count). The van der Waals surface area contributed by atoms with Crippen LogP contribution < -0.4 is 0 Å². The lowest BCUT2D eigenvalue weighted by Crippen LogP contribution is -1.81. The first-order valence-electron chi connectivity index (χ1n) is 3.35. The molecule has 0 saturated heterocycles. The summed E-state index contributed by atoms with van der Waals surface area (Å²) in [6.45, 7) is 0. The molecule has 0 unspecified atom stereocenters. The van der Waals surface area contributed by atoms with Crippen LogP contribution in [0.5, 0.6) is 0 Å². The van der Waals surface area contributed by atoms with Gasteiger partial charge < -0.3 is 0 Å². The van der Waals surface area contributed by atoms with Gasteiger partial charge in [-0.15, -0.1) is 3.89 Å². The second kappa shape index (κ2) is 3.36. The smallest absolute Gasteiger partial charge is 0.216 e. The van der Waals surface area contributed by atoms with Crippen LogP contribution in [-0.4, -0.2) is 8.96 Å². The summed E-state index contributed by atoms with van der Waals surface area (Å²) in [5.41, 5.74) is 1.20. The molecule has 0 saturated carbocycles. The number of nitrogens with zero attached hydrogens (tertiary/aromatic N) is 2. The summed E-state index contributed by atoms with van der Waals surface area (Å²) >= 11 is 11.4. The third-order valence-electron chi connectivity index (χ3n) is 1.61. The lowest BCUT2D eigenvalue weighted by molar-refractivity contribution is 0.919. The molecule has 0 N–H and O–H groups in total. The Bertz CT molecular complexity index is 457. The van der Waals surface area contributed by atoms with E-state index in [1.807, 2.05) is 0 Å². The van der Waals surface area contributed by atoms with Crippen LogP contribution in [0.4, 0.5) is 3.89 Å². The number of fused-ring (bicyclic) bond motifs is 1. The van der Waals surface area contributed by atoms with Crippen LogP contribution in [0.15, 0.2) is 18.2 Å². The first-order valence-corrected chi connectivity index (χ1v) is 4.78. The molecule has 0 amide bonds. The maximum atomic E-state index is 12.4. The van der Waals surface area contributed by atoms with E-state index < -0.39 is 0 Å². The standard InChI is InChI=1S/C7H3Cl2FN2S/c8-4-1-2-6-5(3-4)11-7(9)12(6)13-10/h1-3H. The summed E-state index contributed by atoms with van der Waals surface area (Å²) in [7, 11) is 0. The van der Waals surface area contributed by atoms with Crippen molar-refractivity contribution in [2.24, 2.45) is 0 Å². The van der Waals surface area contributed by atoms with Gasteiger partial charge in [-0.1, -0.05) is 11.6 Å². The van der Waals surface area contributed by atoms with Gasteiger partial charge in [0.25, 0.3) is 0 Å². The molecule has 0 bridgehead atoms. The Hall–Kier alpha value is -0.450. The van der Waals surface area contributed by atoms with Crippen molar-refractivity contribution >= 4 is 46.6 Å². The lowest BCUT2D eigenvalue weighted by Gasteiger charge is -1.94. The monoisotopic (exact) mass is 236 g/mol. The Labute approximate surface area is 88.1 Å². The molecule has 0 radical (unpaired) electrons. The third-order valence-corrected chi connectivity index (χ3v) is 2.70. The van der Waals surface area contributed by atoms with Gasteiger partial charge >= 0.3 is 0 Å². The largest absolute Gasteiger partial charge is 0.228 e. The second-order valence-electron chi connectivity index (χ2n) is 2.38. The molecule has 0 atom stereocenters. The lowest BCUT2D eigenvalue weighted by atomic mass is 10.3. The predicted octanol–water partition coefficient (Wildman–Crippen LogP) is 3.72. The summed E-state index contributed by atoms with van der Waals surface area (Å²) in [5.74, 6) is 0. The number of hydrogen-bond donors (Lipinski definition) is 0. The van der Waals surface area contributed by atoms with Gasteiger partial charge in [0.2, 0.25) is 5.28 Å². The van der Waals surface area contributed by atoms with E-state index in [2.05, 4.69) is 4.98 Å². The van der Waals surface area contributed by atoms with Gasteiger partial charge in [0.1, 0.15) is 0 Å². The van der Waals surface area contributed by atoms with E-state index in [9.17, 15) is 3.89 Å². The van der Waals surface area contributed by atoms with Crippen LogP contribution in [0.25, 0.3) is 11.0 Å². The van der Waals surface area contributed by atoms with Crippen molar-refractivity contribution in [1.82, 2.24) is 8.96 Å². The van der Waals surface area contributed by atoms with Gasteiger partial charge in [-0.2, -0.15) is 0 Å². The molecular weight excluding hydrogens is 234 g/mol. The average Bonchev–Trinajstić information content (AvgIpc) is 2.39. The summed E-state index contributed by atoms with van der Waals surface area (Å²) in [5, 5.41) is 0.655. The van der Waals surface area contributed by atoms with Gasteiger partial charge in [0, 0.05) is 5.02 Å². The predicted molar refractivity (Wildman–Crippen MR) is 53.9 cm³/mol. The molecule has 68 valence electrons. The van der Waals surface area contributed by atoms with E-state index in [1.165, 1.54) is 3.97 Å². The number of halogens is 3. The highest BCUT2D eigenvalue weighted by molar-refractivity contribution is 7.93. The summed E-state index contributed by atoms with van der Waals surface area (Å²) in [4.78, 5) is 3.93. The van der Waals surface area contributed by atoms with Gasteiger partial charge in [-0.25, -0.2) is 8.96 Å². The summed E-state index contributed by atoms with van der Waals surface area (Å²) < 4.78 is 13.6. The zero-order valence-electron chi connectivity index (χ0n) is 6.17. The molecule has 1 aromatic carbocycles. The van der Waals surface area contributed by atoms with E-state index in [-0.39, 0.29) is 17.6 Å². The SMILES string of the molecule is FSn1c(Cl)nc2cc(Cl)ccc21. The van der Waals surface area contributed by atoms with Gasteiger partial charge in [-0.05, 0) is 29.8 Å². The topological polar surface area (TPSA) is 17.8 Å². The van der Waals surface area contributed by atoms with Crippen LogP contribution in [0, 0.1) is 0 Å². The van der Waals surface area contributed by atoms with Crippen LogP contribution >= 0.6 is 35.5 Å². The second-order valence-corrected chi connectivity index (χ2v) is 3.65. The fraction of sp³-hybridized carbons (Fsp3) is 0. The number of benzene rings is 1. The summed E-state index contributed by atoms with van der Waals surface area (Å²) in [6, 6.07) is 4.97. The Morgan fingerprint density at radius 2 is 2.15 bits per heavy atom. The average molecular weight is 237 g/mol. The van der Waals surface area contributed by atoms with Crippen molar-refractivity contribution in [3.63, 3.8) is 0 Å². The highest BCUT2D eigenvalue weighted by Gasteiger charge is 2.09. The molecule has 0 spiro atoms. The minimum absolute atomic E-state index is 0.0166. The minimum atomic E-state index is 0.0166. The number of hydrogen-bond acceptors (Lipinski definition) is 2. The van der Waals surface area contributed by atoms with E-state index in [4.69, 9.17) is 23.2 Å². The Balaban J connectivity index is 2.79. The van der Waals surface area contributed by atoms with Gasteiger partial charge in [0.15, 0.2) is 12.3 Å². The van der Waals surface area contributed by atoms with Crippen molar-refractivity contribution in [3.8, 4) is 0 Å². The molecule has 1 heterocycles. The number of imidazole rings is 1. The molecular formula is C7H3Cl2FN2S. The van der Waals surface area contributed by atoms with Crippen molar-refractivity contribution in [3.05, 3.63) is 28.5 Å². The van der Waals surface area contributed by atoms with Crippen molar-refractivity contribution in [2.45, 2.75) is 0 Å². The Morgan fingerprint density at radius 1 is 1.38 bits per heavy atom. The zero-order valence-corrected chi connectivity index (χ0v) is 8.50. The molecule has 1 aromatic heterocycles. The van der Waals surface area contributed by atoms with Gasteiger partial charge in [0.05, 0.1) is 11.0 Å².